The Morgan fingerprint density at radius 3 is 2.19 bits per heavy atom. The summed E-state index contributed by atoms with van der Waals surface area (Å²) < 4.78 is 109. The molecule has 0 aliphatic heterocycles. The SMILES string of the molecule is CCCCCc1ccc(C(F)(F)Oc2ccc3c(c2F)C(F)(F)Cc2c-3ccc(CCC)c2F)cc1F. The van der Waals surface area contributed by atoms with Gasteiger partial charge in [-0.15, -0.1) is 0 Å². The number of alkyl halides is 4. The Morgan fingerprint density at radius 1 is 0.811 bits per heavy atom. The molecule has 0 unspecified atom stereocenters. The zero-order valence-corrected chi connectivity index (χ0v) is 20.5. The van der Waals surface area contributed by atoms with E-state index in [2.05, 4.69) is 4.74 Å². The van der Waals surface area contributed by atoms with Crippen LogP contribution in [0.2, 0.25) is 0 Å². The van der Waals surface area contributed by atoms with Crippen LogP contribution in [0, 0.1) is 17.5 Å². The van der Waals surface area contributed by atoms with Crippen molar-refractivity contribution in [1.29, 1.82) is 0 Å². The molecule has 1 nitrogen and oxygen atoms in total. The summed E-state index contributed by atoms with van der Waals surface area (Å²) in [4.78, 5) is 0. The van der Waals surface area contributed by atoms with E-state index < -0.39 is 52.8 Å². The van der Waals surface area contributed by atoms with Gasteiger partial charge in [-0.2, -0.15) is 8.78 Å². The first-order chi connectivity index (χ1) is 17.5. The minimum absolute atomic E-state index is 0.0798. The highest BCUT2D eigenvalue weighted by Crippen LogP contribution is 2.50. The van der Waals surface area contributed by atoms with Crippen LogP contribution < -0.4 is 4.74 Å². The number of rotatable bonds is 9. The van der Waals surface area contributed by atoms with Crippen molar-refractivity contribution < 1.29 is 35.5 Å². The van der Waals surface area contributed by atoms with Gasteiger partial charge in [0.15, 0.2) is 11.6 Å². The van der Waals surface area contributed by atoms with Crippen LogP contribution in [-0.4, -0.2) is 0 Å². The van der Waals surface area contributed by atoms with E-state index in [1.807, 2.05) is 13.8 Å². The van der Waals surface area contributed by atoms with Crippen LogP contribution in [0.25, 0.3) is 11.1 Å². The average Bonchev–Trinajstić information content (AvgIpc) is 2.83. The highest BCUT2D eigenvalue weighted by atomic mass is 19.3. The molecular formula is C29H27F7O. The number of hydrogen-bond donors (Lipinski definition) is 0. The van der Waals surface area contributed by atoms with Crippen LogP contribution in [0.1, 0.15) is 67.3 Å². The zero-order chi connectivity index (χ0) is 27.0. The van der Waals surface area contributed by atoms with E-state index in [1.165, 1.54) is 18.2 Å². The normalized spacial score (nSPS) is 14.3. The Balaban J connectivity index is 1.68. The first kappa shape index (κ1) is 27.0. The fourth-order valence-electron chi connectivity index (χ4n) is 4.78. The Kier molecular flexibility index (Phi) is 7.58. The van der Waals surface area contributed by atoms with Gasteiger partial charge in [0, 0.05) is 12.0 Å². The summed E-state index contributed by atoms with van der Waals surface area (Å²) in [6.07, 6.45) is -1.49. The van der Waals surface area contributed by atoms with Crippen LogP contribution in [0.3, 0.4) is 0 Å². The number of halogens is 7. The smallest absolute Gasteiger partial charge is 0.426 e. The molecule has 37 heavy (non-hydrogen) atoms. The topological polar surface area (TPSA) is 9.23 Å². The highest BCUT2D eigenvalue weighted by molar-refractivity contribution is 5.76. The molecule has 0 fully saturated rings. The lowest BCUT2D eigenvalue weighted by Gasteiger charge is -2.30. The molecule has 198 valence electrons. The molecule has 0 saturated heterocycles. The maximum atomic E-state index is 15.3. The van der Waals surface area contributed by atoms with Crippen LogP contribution in [0.4, 0.5) is 30.7 Å². The summed E-state index contributed by atoms with van der Waals surface area (Å²) in [6, 6.07) is 7.53. The van der Waals surface area contributed by atoms with Crippen LogP contribution >= 0.6 is 0 Å². The Morgan fingerprint density at radius 2 is 1.51 bits per heavy atom. The third-order valence-corrected chi connectivity index (χ3v) is 6.68. The lowest BCUT2D eigenvalue weighted by atomic mass is 9.81. The molecule has 0 aromatic heterocycles. The van der Waals surface area contributed by atoms with Crippen molar-refractivity contribution in [1.82, 2.24) is 0 Å². The lowest BCUT2D eigenvalue weighted by molar-refractivity contribution is -0.187. The second-order valence-corrected chi connectivity index (χ2v) is 9.38. The summed E-state index contributed by atoms with van der Waals surface area (Å²) >= 11 is 0. The van der Waals surface area contributed by atoms with Crippen molar-refractivity contribution in [3.8, 4) is 16.9 Å². The number of hydrogen-bond acceptors (Lipinski definition) is 1. The second-order valence-electron chi connectivity index (χ2n) is 9.38. The second kappa shape index (κ2) is 10.4. The molecular weight excluding hydrogens is 497 g/mol. The van der Waals surface area contributed by atoms with Gasteiger partial charge in [0.25, 0.3) is 5.92 Å². The number of ether oxygens (including phenoxy) is 1. The monoisotopic (exact) mass is 524 g/mol. The minimum Gasteiger partial charge on any atom is -0.426 e. The van der Waals surface area contributed by atoms with E-state index in [4.69, 9.17) is 0 Å². The van der Waals surface area contributed by atoms with E-state index in [0.29, 0.717) is 31.7 Å². The fraction of sp³-hybridized carbons (Fsp3) is 0.379. The molecule has 0 bridgehead atoms. The summed E-state index contributed by atoms with van der Waals surface area (Å²) in [7, 11) is 0. The first-order valence-electron chi connectivity index (χ1n) is 12.4. The van der Waals surface area contributed by atoms with Gasteiger partial charge in [-0.3, -0.25) is 0 Å². The van der Waals surface area contributed by atoms with Gasteiger partial charge in [-0.05, 0) is 65.8 Å². The molecule has 0 N–H and O–H groups in total. The number of unbranched alkanes of at least 4 members (excludes halogenated alkanes) is 2. The summed E-state index contributed by atoms with van der Waals surface area (Å²) in [5, 5.41) is 0. The molecule has 0 heterocycles. The molecule has 0 radical (unpaired) electrons. The van der Waals surface area contributed by atoms with Crippen molar-refractivity contribution in [2.75, 3.05) is 0 Å². The zero-order valence-electron chi connectivity index (χ0n) is 20.5. The van der Waals surface area contributed by atoms with Crippen molar-refractivity contribution in [3.05, 3.63) is 87.7 Å². The lowest BCUT2D eigenvalue weighted by Crippen LogP contribution is -2.27. The molecule has 0 saturated carbocycles. The number of fused-ring (bicyclic) bond motifs is 3. The molecule has 1 aliphatic carbocycles. The van der Waals surface area contributed by atoms with Crippen molar-refractivity contribution in [3.63, 3.8) is 0 Å². The maximum absolute atomic E-state index is 15.3. The minimum atomic E-state index is -4.19. The quantitative estimate of drug-likeness (QED) is 0.200. The van der Waals surface area contributed by atoms with Gasteiger partial charge in [0.1, 0.15) is 11.6 Å². The highest BCUT2D eigenvalue weighted by Gasteiger charge is 2.45. The van der Waals surface area contributed by atoms with E-state index in [0.717, 1.165) is 31.0 Å². The van der Waals surface area contributed by atoms with Crippen LogP contribution in [-0.2, 0) is 31.3 Å². The van der Waals surface area contributed by atoms with Crippen molar-refractivity contribution >= 4 is 0 Å². The van der Waals surface area contributed by atoms with Gasteiger partial charge in [-0.25, -0.2) is 22.0 Å². The Labute approximate surface area is 211 Å². The van der Waals surface area contributed by atoms with Gasteiger partial charge < -0.3 is 4.74 Å². The van der Waals surface area contributed by atoms with Gasteiger partial charge >= 0.3 is 6.11 Å². The third kappa shape index (κ3) is 5.20. The molecule has 0 atom stereocenters. The van der Waals surface area contributed by atoms with Crippen LogP contribution in [0.5, 0.6) is 5.75 Å². The van der Waals surface area contributed by atoms with Gasteiger partial charge in [0.05, 0.1) is 11.1 Å². The molecule has 3 aromatic carbocycles. The van der Waals surface area contributed by atoms with E-state index in [9.17, 15) is 17.6 Å². The van der Waals surface area contributed by atoms with Gasteiger partial charge in [0.2, 0.25) is 0 Å². The molecule has 0 amide bonds. The number of aryl methyl sites for hydroxylation is 2. The summed E-state index contributed by atoms with van der Waals surface area (Å²) in [6.45, 7) is 3.80. The van der Waals surface area contributed by atoms with Crippen molar-refractivity contribution in [2.45, 2.75) is 70.8 Å². The van der Waals surface area contributed by atoms with E-state index in [1.54, 1.807) is 0 Å². The van der Waals surface area contributed by atoms with Crippen LogP contribution in [0.15, 0.2) is 42.5 Å². The van der Waals surface area contributed by atoms with E-state index >= 15 is 13.2 Å². The molecule has 0 spiro atoms. The van der Waals surface area contributed by atoms with E-state index in [-0.39, 0.29) is 27.8 Å². The number of benzene rings is 3. The third-order valence-electron chi connectivity index (χ3n) is 6.68. The summed E-state index contributed by atoms with van der Waals surface area (Å²) in [5.41, 5.74) is -1.90. The predicted molar refractivity (Wildman–Crippen MR) is 128 cm³/mol. The fourth-order valence-corrected chi connectivity index (χ4v) is 4.78. The molecule has 4 rings (SSSR count). The average molecular weight is 525 g/mol. The first-order valence-corrected chi connectivity index (χ1v) is 12.4. The Hall–Kier alpha value is -3.03. The maximum Gasteiger partial charge on any atom is 0.426 e. The molecule has 1 aliphatic rings. The Bertz CT molecular complexity index is 1300. The predicted octanol–water partition coefficient (Wildman–Crippen LogP) is 9.23. The largest absolute Gasteiger partial charge is 0.426 e. The molecule has 3 aromatic rings. The summed E-state index contributed by atoms with van der Waals surface area (Å²) in [5.74, 6) is -8.25. The molecule has 8 heteroatoms. The van der Waals surface area contributed by atoms with Gasteiger partial charge in [-0.1, -0.05) is 51.3 Å². The standard InChI is InChI=1S/C29H27F7O/c1-3-5-6-8-17-9-11-19(15-23(17)30)29(35,36)37-24-14-13-21-20-12-10-18(7-4-2)26(31)22(20)16-28(33,34)25(21)27(24)32/h9-15H,3-8,16H2,1-2H3. The van der Waals surface area contributed by atoms with Crippen molar-refractivity contribution in [2.24, 2.45) is 0 Å².